The van der Waals surface area contributed by atoms with E-state index in [9.17, 15) is 22.4 Å². The SMILES string of the molecule is COC1(C)CN(c2nc(C(=O)Nc3cc(F)c(OC4C[C@@H]5C[C@@H]5C4)c(Cl)c3)c(CC(F)(F)F)o2)C1. The fraction of sp³-hybridized carbons (Fsp3) is 0.565. The second kappa shape index (κ2) is 8.55. The highest BCUT2D eigenvalue weighted by Gasteiger charge is 2.47. The minimum Gasteiger partial charge on any atom is -0.486 e. The van der Waals surface area contributed by atoms with Crippen molar-refractivity contribution < 1.29 is 36.2 Å². The van der Waals surface area contributed by atoms with Crippen LogP contribution in [0.15, 0.2) is 16.5 Å². The van der Waals surface area contributed by atoms with Crippen molar-refractivity contribution in [3.63, 3.8) is 0 Å². The molecular formula is C23H24ClF4N3O4. The van der Waals surface area contributed by atoms with Crippen LogP contribution in [-0.2, 0) is 11.2 Å². The van der Waals surface area contributed by atoms with Gasteiger partial charge in [0.1, 0.15) is 17.8 Å². The van der Waals surface area contributed by atoms with E-state index in [1.54, 1.807) is 4.90 Å². The number of nitrogens with zero attached hydrogens (tertiary/aromatic N) is 2. The number of fused-ring (bicyclic) bond motifs is 1. The Hall–Kier alpha value is -2.53. The van der Waals surface area contributed by atoms with Crippen molar-refractivity contribution in [3.05, 3.63) is 34.4 Å². The summed E-state index contributed by atoms with van der Waals surface area (Å²) in [7, 11) is 1.53. The fourth-order valence-corrected chi connectivity index (χ4v) is 5.09. The van der Waals surface area contributed by atoms with Gasteiger partial charge in [0, 0.05) is 18.9 Å². The largest absolute Gasteiger partial charge is 0.486 e. The highest BCUT2D eigenvalue weighted by atomic mass is 35.5. The highest BCUT2D eigenvalue weighted by molar-refractivity contribution is 6.32. The zero-order valence-corrected chi connectivity index (χ0v) is 19.8. The predicted octanol–water partition coefficient (Wildman–Crippen LogP) is 5.23. The zero-order valence-electron chi connectivity index (χ0n) is 19.0. The number of hydrogen-bond acceptors (Lipinski definition) is 6. The molecule has 5 rings (SSSR count). The third kappa shape index (κ3) is 5.06. The topological polar surface area (TPSA) is 76.8 Å². The number of methoxy groups -OCH3 is 1. The number of hydrogen-bond donors (Lipinski definition) is 1. The van der Waals surface area contributed by atoms with Crippen LogP contribution < -0.4 is 15.0 Å². The zero-order chi connectivity index (χ0) is 25.1. The number of aromatic nitrogens is 1. The maximum atomic E-state index is 14.7. The Morgan fingerprint density at radius 2 is 1.97 bits per heavy atom. The van der Waals surface area contributed by atoms with Crippen LogP contribution in [0.25, 0.3) is 0 Å². The molecule has 1 aliphatic heterocycles. The van der Waals surface area contributed by atoms with Crippen LogP contribution in [0.5, 0.6) is 5.75 Å². The molecule has 0 radical (unpaired) electrons. The van der Waals surface area contributed by atoms with Crippen LogP contribution in [-0.4, -0.2) is 49.0 Å². The summed E-state index contributed by atoms with van der Waals surface area (Å²) in [5, 5.41) is 2.32. The van der Waals surface area contributed by atoms with Gasteiger partial charge in [-0.2, -0.15) is 18.2 Å². The molecule has 1 saturated heterocycles. The normalized spacial score (nSPS) is 24.7. The molecule has 35 heavy (non-hydrogen) atoms. The first-order chi connectivity index (χ1) is 16.4. The molecule has 2 heterocycles. The second-order valence-electron chi connectivity index (χ2n) is 9.76. The van der Waals surface area contributed by atoms with Gasteiger partial charge in [-0.05, 0) is 44.1 Å². The number of ether oxygens (including phenoxy) is 2. The highest BCUT2D eigenvalue weighted by Crippen LogP contribution is 2.53. The molecule has 3 fully saturated rings. The monoisotopic (exact) mass is 517 g/mol. The fourth-order valence-electron chi connectivity index (χ4n) is 4.84. The predicted molar refractivity (Wildman–Crippen MR) is 118 cm³/mol. The summed E-state index contributed by atoms with van der Waals surface area (Å²) in [5.74, 6) is -1.21. The Bertz CT molecular complexity index is 1120. The van der Waals surface area contributed by atoms with Gasteiger partial charge in [-0.1, -0.05) is 11.6 Å². The van der Waals surface area contributed by atoms with Gasteiger partial charge in [0.05, 0.1) is 24.2 Å². The summed E-state index contributed by atoms with van der Waals surface area (Å²) in [4.78, 5) is 18.4. The molecule has 0 spiro atoms. The molecule has 12 heteroatoms. The first-order valence-electron chi connectivity index (χ1n) is 11.3. The van der Waals surface area contributed by atoms with Crippen LogP contribution in [0, 0.1) is 17.7 Å². The third-order valence-electron chi connectivity index (χ3n) is 6.82. The Balaban J connectivity index is 1.32. The molecular weight excluding hydrogens is 494 g/mol. The third-order valence-corrected chi connectivity index (χ3v) is 7.10. The van der Waals surface area contributed by atoms with Crippen molar-refractivity contribution >= 4 is 29.2 Å². The van der Waals surface area contributed by atoms with E-state index in [0.717, 1.165) is 18.9 Å². The van der Waals surface area contributed by atoms with E-state index >= 15 is 0 Å². The van der Waals surface area contributed by atoms with Crippen molar-refractivity contribution in [2.45, 2.75) is 50.5 Å². The number of carbonyl (C=O) groups is 1. The average Bonchev–Trinajstić information content (AvgIpc) is 3.14. The summed E-state index contributed by atoms with van der Waals surface area (Å²) >= 11 is 6.20. The lowest BCUT2D eigenvalue weighted by Gasteiger charge is -2.45. The van der Waals surface area contributed by atoms with Gasteiger partial charge in [-0.3, -0.25) is 4.79 Å². The van der Waals surface area contributed by atoms with Crippen LogP contribution in [0.3, 0.4) is 0 Å². The van der Waals surface area contributed by atoms with E-state index in [1.165, 1.54) is 19.6 Å². The van der Waals surface area contributed by atoms with E-state index in [0.29, 0.717) is 24.9 Å². The molecule has 1 N–H and O–H groups in total. The van der Waals surface area contributed by atoms with Crippen molar-refractivity contribution in [3.8, 4) is 5.75 Å². The van der Waals surface area contributed by atoms with Gasteiger partial charge in [-0.25, -0.2) is 4.39 Å². The molecule has 1 aromatic carbocycles. The number of alkyl halides is 3. The molecule has 1 amide bonds. The van der Waals surface area contributed by atoms with Gasteiger partial charge in [0.2, 0.25) is 0 Å². The van der Waals surface area contributed by atoms with Gasteiger partial charge in [-0.15, -0.1) is 0 Å². The number of anilines is 2. The number of benzene rings is 1. The lowest BCUT2D eigenvalue weighted by molar-refractivity contribution is -0.130. The maximum Gasteiger partial charge on any atom is 0.396 e. The molecule has 3 atom stereocenters. The van der Waals surface area contributed by atoms with Crippen molar-refractivity contribution in [1.29, 1.82) is 0 Å². The first kappa shape index (κ1) is 24.2. The average molecular weight is 518 g/mol. The Morgan fingerprint density at radius 3 is 2.57 bits per heavy atom. The molecule has 1 unspecified atom stereocenters. The summed E-state index contributed by atoms with van der Waals surface area (Å²) in [6.45, 7) is 2.50. The van der Waals surface area contributed by atoms with Crippen molar-refractivity contribution in [2.24, 2.45) is 11.8 Å². The lowest BCUT2D eigenvalue weighted by Crippen LogP contribution is -2.61. The van der Waals surface area contributed by atoms with Crippen LogP contribution in [0.4, 0.5) is 29.3 Å². The Labute approximate surface area is 203 Å². The molecule has 3 aliphatic rings. The minimum absolute atomic E-state index is 0.0439. The number of halogens is 5. The number of carbonyl (C=O) groups excluding carboxylic acids is 1. The Kier molecular flexibility index (Phi) is 5.90. The quantitative estimate of drug-likeness (QED) is 0.507. The van der Waals surface area contributed by atoms with Gasteiger partial charge in [0.15, 0.2) is 17.3 Å². The second-order valence-corrected chi connectivity index (χ2v) is 10.2. The molecule has 0 bridgehead atoms. The summed E-state index contributed by atoms with van der Waals surface area (Å²) in [6.07, 6.45) is -3.32. The molecule has 1 aromatic heterocycles. The van der Waals surface area contributed by atoms with E-state index in [-0.39, 0.29) is 28.6 Å². The molecule has 7 nitrogen and oxygen atoms in total. The summed E-state index contributed by atoms with van der Waals surface area (Å²) < 4.78 is 70.4. The van der Waals surface area contributed by atoms with E-state index in [4.69, 9.17) is 25.5 Å². The molecule has 2 saturated carbocycles. The van der Waals surface area contributed by atoms with E-state index in [2.05, 4.69) is 10.3 Å². The molecule has 2 aliphatic carbocycles. The maximum absolute atomic E-state index is 14.7. The summed E-state index contributed by atoms with van der Waals surface area (Å²) in [6, 6.07) is 2.18. The van der Waals surface area contributed by atoms with Gasteiger partial charge >= 0.3 is 6.18 Å². The Morgan fingerprint density at radius 1 is 1.29 bits per heavy atom. The van der Waals surface area contributed by atoms with Crippen LogP contribution in [0.1, 0.15) is 42.4 Å². The smallest absolute Gasteiger partial charge is 0.396 e. The number of nitrogens with one attached hydrogen (secondary N) is 1. The van der Waals surface area contributed by atoms with Crippen molar-refractivity contribution in [1.82, 2.24) is 4.98 Å². The van der Waals surface area contributed by atoms with Gasteiger partial charge < -0.3 is 24.1 Å². The van der Waals surface area contributed by atoms with Crippen LogP contribution in [0.2, 0.25) is 5.02 Å². The first-order valence-corrected chi connectivity index (χ1v) is 11.6. The van der Waals surface area contributed by atoms with Crippen molar-refractivity contribution in [2.75, 3.05) is 30.4 Å². The minimum atomic E-state index is -4.63. The van der Waals surface area contributed by atoms with E-state index in [1.807, 2.05) is 6.92 Å². The number of oxazole rings is 1. The van der Waals surface area contributed by atoms with Crippen LogP contribution >= 0.6 is 11.6 Å². The number of amides is 1. The summed E-state index contributed by atoms with van der Waals surface area (Å²) in [5.41, 5.74) is -1.07. The lowest BCUT2D eigenvalue weighted by atomic mass is 9.97. The molecule has 190 valence electrons. The van der Waals surface area contributed by atoms with Gasteiger partial charge in [0.25, 0.3) is 11.9 Å². The standard InChI is InChI=1S/C23H24ClF4N3O4/c1-22(33-2)9-31(10-22)21-30-18(17(35-21)8-23(26,27)28)20(32)29-13-6-15(24)19(16(25)7-13)34-14-4-11-3-12(11)5-14/h6-7,11-12,14H,3-5,8-10H2,1-2H3,(H,29,32)/t11-,12+,14?. The number of rotatable bonds is 7. The molecule has 2 aromatic rings. The van der Waals surface area contributed by atoms with E-state index < -0.39 is 41.4 Å².